The molecule has 2 aromatic heterocycles. The number of ketones is 1. The van der Waals surface area contributed by atoms with Crippen molar-refractivity contribution in [2.24, 2.45) is 25.9 Å². The monoisotopic (exact) mass is 375 g/mol. The zero-order valence-electron chi connectivity index (χ0n) is 17.0. The number of imidazole rings is 1. The largest absolute Gasteiger partial charge is 0.332 e. The first-order chi connectivity index (χ1) is 12.6. The Morgan fingerprint density at radius 1 is 1.15 bits per heavy atom. The molecular formula is C19H29N5O3. The molecular weight excluding hydrogens is 346 g/mol. The molecule has 0 aliphatic carbocycles. The summed E-state index contributed by atoms with van der Waals surface area (Å²) in [6.07, 6.45) is 1.20. The van der Waals surface area contributed by atoms with Gasteiger partial charge in [0.15, 0.2) is 16.9 Å². The highest BCUT2D eigenvalue weighted by atomic mass is 16.2. The van der Waals surface area contributed by atoms with Crippen molar-refractivity contribution in [2.45, 2.75) is 46.7 Å². The lowest BCUT2D eigenvalue weighted by Crippen LogP contribution is -2.39. The number of aromatic nitrogens is 4. The predicted octanol–water partition coefficient (Wildman–Crippen LogP) is 1.06. The minimum Gasteiger partial charge on any atom is -0.311 e. The van der Waals surface area contributed by atoms with Crippen molar-refractivity contribution in [3.05, 3.63) is 26.7 Å². The Balaban J connectivity index is 2.20. The van der Waals surface area contributed by atoms with Crippen molar-refractivity contribution in [1.29, 1.82) is 0 Å². The lowest BCUT2D eigenvalue weighted by atomic mass is 9.92. The number of likely N-dealkylation sites (tertiary alicyclic amines) is 1. The van der Waals surface area contributed by atoms with E-state index < -0.39 is 17.3 Å². The van der Waals surface area contributed by atoms with Gasteiger partial charge in [0.05, 0.1) is 12.6 Å². The maximum absolute atomic E-state index is 12.8. The highest BCUT2D eigenvalue weighted by Crippen LogP contribution is 2.25. The normalized spacial score (nSPS) is 22.3. The smallest absolute Gasteiger partial charge is 0.311 e. The van der Waals surface area contributed by atoms with Crippen LogP contribution in [0.3, 0.4) is 0 Å². The standard InChI is InChI=1S/C19H29N5O3/c1-11-7-12(2)9-23(8-11)10-15-20-17-16(24(15)13(3)14(4)25)18(26)22(6)19(27)21(17)5/h11-13H,7-10H2,1-6H3/t11-,12-,13-/m0/s1. The SMILES string of the molecule is CC(=O)[C@H](C)n1c(CN2C[C@@H](C)C[C@H](C)C2)nc2c1c(=O)n(C)c(=O)n2C. The lowest BCUT2D eigenvalue weighted by molar-refractivity contribution is -0.119. The molecule has 3 heterocycles. The highest BCUT2D eigenvalue weighted by Gasteiger charge is 2.27. The molecule has 0 unspecified atom stereocenters. The molecule has 1 saturated heterocycles. The topological polar surface area (TPSA) is 82.1 Å². The summed E-state index contributed by atoms with van der Waals surface area (Å²) < 4.78 is 4.18. The highest BCUT2D eigenvalue weighted by molar-refractivity contribution is 5.82. The summed E-state index contributed by atoms with van der Waals surface area (Å²) in [6.45, 7) is 10.2. The predicted molar refractivity (Wildman–Crippen MR) is 104 cm³/mol. The Kier molecular flexibility index (Phi) is 5.12. The van der Waals surface area contributed by atoms with Crippen molar-refractivity contribution in [1.82, 2.24) is 23.6 Å². The van der Waals surface area contributed by atoms with Crippen LogP contribution in [0.2, 0.25) is 0 Å². The van der Waals surface area contributed by atoms with E-state index in [-0.39, 0.29) is 5.78 Å². The van der Waals surface area contributed by atoms with Gasteiger partial charge in [0.1, 0.15) is 5.82 Å². The van der Waals surface area contributed by atoms with Gasteiger partial charge in [-0.3, -0.25) is 23.6 Å². The minimum absolute atomic E-state index is 0.0492. The number of rotatable bonds is 4. The maximum atomic E-state index is 12.8. The first kappa shape index (κ1) is 19.5. The molecule has 1 fully saturated rings. The summed E-state index contributed by atoms with van der Waals surface area (Å²) in [4.78, 5) is 44.2. The Labute approximate surface area is 158 Å². The van der Waals surface area contributed by atoms with Gasteiger partial charge in [0, 0.05) is 27.2 Å². The number of hydrogen-bond acceptors (Lipinski definition) is 5. The number of carbonyl (C=O) groups excluding carboxylic acids is 1. The fourth-order valence-corrected chi connectivity index (χ4v) is 4.29. The molecule has 0 aromatic carbocycles. The number of carbonyl (C=O) groups is 1. The van der Waals surface area contributed by atoms with Crippen LogP contribution in [0.4, 0.5) is 0 Å². The van der Waals surface area contributed by atoms with Crippen molar-refractivity contribution in [2.75, 3.05) is 13.1 Å². The third-order valence-electron chi connectivity index (χ3n) is 5.65. The molecule has 0 N–H and O–H groups in total. The second-order valence-corrected chi connectivity index (χ2v) is 8.20. The van der Waals surface area contributed by atoms with E-state index in [9.17, 15) is 14.4 Å². The first-order valence-electron chi connectivity index (χ1n) is 9.51. The quantitative estimate of drug-likeness (QED) is 0.798. The Hall–Kier alpha value is -2.22. The summed E-state index contributed by atoms with van der Waals surface area (Å²) in [5.41, 5.74) is -0.181. The second-order valence-electron chi connectivity index (χ2n) is 8.20. The zero-order chi connectivity index (χ0) is 20.0. The molecule has 148 valence electrons. The molecule has 1 aliphatic heterocycles. The van der Waals surface area contributed by atoms with Gasteiger partial charge >= 0.3 is 5.69 Å². The summed E-state index contributed by atoms with van der Waals surface area (Å²) in [6, 6.07) is -0.519. The van der Waals surface area contributed by atoms with E-state index in [1.807, 2.05) is 0 Å². The van der Waals surface area contributed by atoms with Gasteiger partial charge in [0.2, 0.25) is 0 Å². The Bertz CT molecular complexity index is 989. The van der Waals surface area contributed by atoms with Crippen LogP contribution in [0.25, 0.3) is 11.2 Å². The fourth-order valence-electron chi connectivity index (χ4n) is 4.29. The number of fused-ring (bicyclic) bond motifs is 1. The third kappa shape index (κ3) is 3.38. The van der Waals surface area contributed by atoms with E-state index in [0.29, 0.717) is 35.4 Å². The summed E-state index contributed by atoms with van der Waals surface area (Å²) >= 11 is 0. The molecule has 8 nitrogen and oxygen atoms in total. The molecule has 8 heteroatoms. The molecule has 1 aliphatic rings. The van der Waals surface area contributed by atoms with Crippen molar-refractivity contribution < 1.29 is 4.79 Å². The van der Waals surface area contributed by atoms with Gasteiger partial charge in [-0.25, -0.2) is 9.78 Å². The molecule has 2 aromatic rings. The second kappa shape index (κ2) is 7.07. The van der Waals surface area contributed by atoms with E-state index in [0.717, 1.165) is 17.7 Å². The van der Waals surface area contributed by atoms with Gasteiger partial charge in [-0.05, 0) is 32.1 Å². The van der Waals surface area contributed by atoms with Crippen molar-refractivity contribution in [3.8, 4) is 0 Å². The Morgan fingerprint density at radius 3 is 2.30 bits per heavy atom. The summed E-state index contributed by atoms with van der Waals surface area (Å²) in [5, 5.41) is 0. The lowest BCUT2D eigenvalue weighted by Gasteiger charge is -2.34. The average Bonchev–Trinajstić information content (AvgIpc) is 2.95. The molecule has 0 spiro atoms. The number of hydrogen-bond donors (Lipinski definition) is 0. The Morgan fingerprint density at radius 2 is 1.74 bits per heavy atom. The van der Waals surface area contributed by atoms with Gasteiger partial charge < -0.3 is 4.57 Å². The fraction of sp³-hybridized carbons (Fsp3) is 0.684. The number of piperidine rings is 1. The molecule has 3 atom stereocenters. The zero-order valence-corrected chi connectivity index (χ0v) is 17.0. The minimum atomic E-state index is -0.519. The van der Waals surface area contributed by atoms with Crippen LogP contribution in [0, 0.1) is 11.8 Å². The van der Waals surface area contributed by atoms with E-state index in [1.54, 1.807) is 18.5 Å². The molecule has 27 heavy (non-hydrogen) atoms. The van der Waals surface area contributed by atoms with E-state index in [1.165, 1.54) is 25.0 Å². The summed E-state index contributed by atoms with van der Waals surface area (Å²) in [7, 11) is 3.06. The van der Waals surface area contributed by atoms with Gasteiger partial charge in [0.25, 0.3) is 5.56 Å². The van der Waals surface area contributed by atoms with Crippen LogP contribution in [0.15, 0.2) is 9.59 Å². The van der Waals surface area contributed by atoms with Crippen LogP contribution in [0.5, 0.6) is 0 Å². The molecule has 0 saturated carbocycles. The van der Waals surface area contributed by atoms with Crippen LogP contribution in [0.1, 0.15) is 46.0 Å². The van der Waals surface area contributed by atoms with E-state index in [4.69, 9.17) is 0 Å². The van der Waals surface area contributed by atoms with Crippen LogP contribution < -0.4 is 11.2 Å². The molecule has 3 rings (SSSR count). The first-order valence-corrected chi connectivity index (χ1v) is 9.51. The maximum Gasteiger partial charge on any atom is 0.332 e. The van der Waals surface area contributed by atoms with Crippen LogP contribution in [-0.2, 0) is 25.4 Å². The van der Waals surface area contributed by atoms with Gasteiger partial charge in [-0.2, -0.15) is 0 Å². The third-order valence-corrected chi connectivity index (χ3v) is 5.65. The number of nitrogens with zero attached hydrogens (tertiary/aromatic N) is 5. The summed E-state index contributed by atoms with van der Waals surface area (Å²) in [5.74, 6) is 1.79. The van der Waals surface area contributed by atoms with E-state index >= 15 is 0 Å². The molecule has 0 amide bonds. The molecule has 0 radical (unpaired) electrons. The average molecular weight is 375 g/mol. The van der Waals surface area contributed by atoms with Crippen LogP contribution >= 0.6 is 0 Å². The van der Waals surface area contributed by atoms with Crippen LogP contribution in [-0.4, -0.2) is 42.5 Å². The van der Waals surface area contributed by atoms with Gasteiger partial charge in [-0.1, -0.05) is 13.8 Å². The van der Waals surface area contributed by atoms with Crippen molar-refractivity contribution in [3.63, 3.8) is 0 Å². The van der Waals surface area contributed by atoms with Gasteiger partial charge in [-0.15, -0.1) is 0 Å². The molecule has 0 bridgehead atoms. The van der Waals surface area contributed by atoms with Crippen molar-refractivity contribution >= 4 is 16.9 Å². The number of aryl methyl sites for hydroxylation is 1. The number of Topliss-reactive ketones (excluding diaryl/α,β-unsaturated/α-hetero) is 1. The van der Waals surface area contributed by atoms with E-state index in [2.05, 4.69) is 23.7 Å².